The summed E-state index contributed by atoms with van der Waals surface area (Å²) in [6, 6.07) is 13.4. The number of nitrogens with one attached hydrogen (secondary N) is 1. The van der Waals surface area contributed by atoms with Gasteiger partial charge < -0.3 is 0 Å². The molecule has 2 aromatic carbocycles. The van der Waals surface area contributed by atoms with Gasteiger partial charge in [0.05, 0.1) is 22.8 Å². The third kappa shape index (κ3) is 3.71. The van der Waals surface area contributed by atoms with E-state index < -0.39 is 10.0 Å². The molecule has 4 aromatic rings. The fourth-order valence-corrected chi connectivity index (χ4v) is 5.39. The number of aromatic nitrogens is 3. The van der Waals surface area contributed by atoms with Gasteiger partial charge in [0.2, 0.25) is 15.0 Å². The lowest BCUT2D eigenvalue weighted by molar-refractivity contribution is 0.579. The van der Waals surface area contributed by atoms with E-state index in [2.05, 4.69) is 9.82 Å². The Kier molecular flexibility index (Phi) is 5.02. The van der Waals surface area contributed by atoms with Crippen molar-refractivity contribution in [1.29, 1.82) is 0 Å². The van der Waals surface area contributed by atoms with Crippen LogP contribution < -0.4 is 4.72 Å². The number of imidazole rings is 1. The molecule has 150 valence electrons. The Morgan fingerprint density at radius 2 is 1.69 bits per heavy atom. The van der Waals surface area contributed by atoms with Crippen LogP contribution in [0.4, 0.5) is 0 Å². The second-order valence-corrected chi connectivity index (χ2v) is 10.0. The summed E-state index contributed by atoms with van der Waals surface area (Å²) in [5.74, 6) is 0. The first kappa shape index (κ1) is 19.8. The highest BCUT2D eigenvalue weighted by Crippen LogP contribution is 2.27. The van der Waals surface area contributed by atoms with E-state index >= 15 is 0 Å². The lowest BCUT2D eigenvalue weighted by Gasteiger charge is -2.12. The Bertz CT molecular complexity index is 1310. The summed E-state index contributed by atoms with van der Waals surface area (Å²) < 4.78 is 30.6. The quantitative estimate of drug-likeness (QED) is 0.520. The molecule has 2 heterocycles. The highest BCUT2D eigenvalue weighted by Gasteiger charge is 2.22. The third-order valence-electron chi connectivity index (χ3n) is 4.96. The predicted molar refractivity (Wildman–Crippen MR) is 116 cm³/mol. The average Bonchev–Trinajstić information content (AvgIpc) is 3.19. The Morgan fingerprint density at radius 3 is 2.41 bits per heavy atom. The predicted octanol–water partition coefficient (Wildman–Crippen LogP) is 4.17. The van der Waals surface area contributed by atoms with Crippen molar-refractivity contribution in [1.82, 2.24) is 19.3 Å². The molecule has 0 spiro atoms. The van der Waals surface area contributed by atoms with E-state index in [1.165, 1.54) is 11.3 Å². The normalized spacial score (nSPS) is 12.0. The zero-order chi connectivity index (χ0) is 20.8. The van der Waals surface area contributed by atoms with Crippen molar-refractivity contribution >= 4 is 26.3 Å². The fourth-order valence-electron chi connectivity index (χ4n) is 3.34. The average molecular weight is 427 g/mol. The maximum absolute atomic E-state index is 13.0. The fraction of sp³-hybridized carbons (Fsp3) is 0.238. The van der Waals surface area contributed by atoms with Crippen LogP contribution in [0.25, 0.3) is 16.2 Å². The molecular formula is C21H22N4O2S2. The molecule has 0 amide bonds. The topological polar surface area (TPSA) is 76.4 Å². The number of sulfonamides is 1. The molecule has 8 heteroatoms. The summed E-state index contributed by atoms with van der Waals surface area (Å²) in [6.07, 6.45) is 0. The van der Waals surface area contributed by atoms with Gasteiger partial charge in [0.1, 0.15) is 5.01 Å². The van der Waals surface area contributed by atoms with E-state index in [-0.39, 0.29) is 6.54 Å². The smallest absolute Gasteiger partial charge is 0.217 e. The molecule has 0 unspecified atom stereocenters. The molecule has 0 saturated heterocycles. The van der Waals surface area contributed by atoms with Gasteiger partial charge in [-0.2, -0.15) is 5.10 Å². The summed E-state index contributed by atoms with van der Waals surface area (Å²) in [7, 11) is -3.68. The minimum atomic E-state index is -3.68. The van der Waals surface area contributed by atoms with Crippen molar-refractivity contribution < 1.29 is 8.42 Å². The minimum absolute atomic E-state index is 0.100. The van der Waals surface area contributed by atoms with Crippen molar-refractivity contribution in [3.8, 4) is 11.3 Å². The summed E-state index contributed by atoms with van der Waals surface area (Å²) in [6.45, 7) is 7.72. The summed E-state index contributed by atoms with van der Waals surface area (Å²) in [5.41, 5.74) is 5.14. The molecule has 29 heavy (non-hydrogen) atoms. The van der Waals surface area contributed by atoms with Crippen LogP contribution in [0.15, 0.2) is 47.4 Å². The van der Waals surface area contributed by atoms with E-state index in [1.807, 2.05) is 64.1 Å². The van der Waals surface area contributed by atoms with E-state index in [0.717, 1.165) is 43.6 Å². The third-order valence-corrected chi connectivity index (χ3v) is 7.32. The second-order valence-electron chi connectivity index (χ2n) is 7.12. The number of aryl methyl sites for hydroxylation is 4. The van der Waals surface area contributed by atoms with Crippen LogP contribution in [-0.2, 0) is 16.6 Å². The molecule has 0 saturated carbocycles. The number of rotatable bonds is 5. The van der Waals surface area contributed by atoms with Crippen molar-refractivity contribution in [2.24, 2.45) is 0 Å². The van der Waals surface area contributed by atoms with Gasteiger partial charge in [-0.25, -0.2) is 22.6 Å². The zero-order valence-corrected chi connectivity index (χ0v) is 18.4. The largest absolute Gasteiger partial charge is 0.241 e. The number of fused-ring (bicyclic) bond motifs is 1. The first-order valence-electron chi connectivity index (χ1n) is 9.24. The van der Waals surface area contributed by atoms with Gasteiger partial charge in [0, 0.05) is 5.56 Å². The van der Waals surface area contributed by atoms with Gasteiger partial charge in [0.15, 0.2) is 0 Å². The SMILES string of the molecule is Cc1nn2c(CNS(=O)(=O)c3cc(C)c(C)cc3C)c(-c3ccccc3)nc2s1. The number of hydrogen-bond acceptors (Lipinski definition) is 5. The number of nitrogens with zero attached hydrogens (tertiary/aromatic N) is 3. The van der Waals surface area contributed by atoms with Gasteiger partial charge in [-0.1, -0.05) is 47.7 Å². The van der Waals surface area contributed by atoms with Crippen LogP contribution in [0.2, 0.25) is 0 Å². The zero-order valence-electron chi connectivity index (χ0n) is 16.7. The van der Waals surface area contributed by atoms with Crippen LogP contribution in [0, 0.1) is 27.7 Å². The summed E-state index contributed by atoms with van der Waals surface area (Å²) >= 11 is 1.48. The second kappa shape index (κ2) is 7.37. The van der Waals surface area contributed by atoms with Gasteiger partial charge >= 0.3 is 0 Å². The molecular weight excluding hydrogens is 404 g/mol. The first-order chi connectivity index (χ1) is 13.8. The number of benzene rings is 2. The van der Waals surface area contributed by atoms with Crippen LogP contribution >= 0.6 is 11.3 Å². The highest BCUT2D eigenvalue weighted by molar-refractivity contribution is 7.89. The maximum atomic E-state index is 13.0. The highest BCUT2D eigenvalue weighted by atomic mass is 32.2. The van der Waals surface area contributed by atoms with E-state index in [9.17, 15) is 8.42 Å². The van der Waals surface area contributed by atoms with Gasteiger partial charge in [0.25, 0.3) is 0 Å². The van der Waals surface area contributed by atoms with E-state index in [0.29, 0.717) is 4.90 Å². The maximum Gasteiger partial charge on any atom is 0.241 e. The molecule has 1 N–H and O–H groups in total. The Morgan fingerprint density at radius 1 is 1.00 bits per heavy atom. The molecule has 0 aliphatic carbocycles. The van der Waals surface area contributed by atoms with Crippen molar-refractivity contribution in [3.05, 3.63) is 69.9 Å². The van der Waals surface area contributed by atoms with Crippen molar-refractivity contribution in [2.45, 2.75) is 39.1 Å². The van der Waals surface area contributed by atoms with Crippen molar-refractivity contribution in [2.75, 3.05) is 0 Å². The molecule has 6 nitrogen and oxygen atoms in total. The molecule has 0 bridgehead atoms. The van der Waals surface area contributed by atoms with Crippen LogP contribution in [0.5, 0.6) is 0 Å². The first-order valence-corrected chi connectivity index (χ1v) is 11.5. The molecule has 2 aromatic heterocycles. The van der Waals surface area contributed by atoms with Crippen molar-refractivity contribution in [3.63, 3.8) is 0 Å². The molecule has 4 rings (SSSR count). The van der Waals surface area contributed by atoms with E-state index in [4.69, 9.17) is 4.98 Å². The van der Waals surface area contributed by atoms with Crippen LogP contribution in [0.3, 0.4) is 0 Å². The summed E-state index contributed by atoms with van der Waals surface area (Å²) in [4.78, 5) is 5.76. The minimum Gasteiger partial charge on any atom is -0.217 e. The molecule has 0 fully saturated rings. The van der Waals surface area contributed by atoms with Gasteiger partial charge in [-0.05, 0) is 50.5 Å². The lowest BCUT2D eigenvalue weighted by atomic mass is 10.1. The van der Waals surface area contributed by atoms with Crippen LogP contribution in [0.1, 0.15) is 27.4 Å². The monoisotopic (exact) mass is 426 g/mol. The molecule has 0 aliphatic heterocycles. The standard InChI is InChI=1S/C21H22N4O2S2/c1-13-10-15(3)19(11-14(13)2)29(26,27)22-12-18-20(17-8-6-5-7-9-17)23-21-25(18)24-16(4)28-21/h5-11,22H,12H2,1-4H3. The van der Waals surface area contributed by atoms with Crippen LogP contribution in [-0.4, -0.2) is 23.0 Å². The Labute approximate surface area is 174 Å². The molecule has 0 aliphatic rings. The van der Waals surface area contributed by atoms with Gasteiger partial charge in [-0.15, -0.1) is 0 Å². The lowest BCUT2D eigenvalue weighted by Crippen LogP contribution is -2.25. The molecule has 0 atom stereocenters. The number of hydrogen-bond donors (Lipinski definition) is 1. The van der Waals surface area contributed by atoms with E-state index in [1.54, 1.807) is 10.6 Å². The van der Waals surface area contributed by atoms with Gasteiger partial charge in [-0.3, -0.25) is 0 Å². The Balaban J connectivity index is 1.74. The summed E-state index contributed by atoms with van der Waals surface area (Å²) in [5, 5.41) is 5.39. The molecule has 0 radical (unpaired) electrons. The Hall–Kier alpha value is -2.55.